The summed E-state index contributed by atoms with van der Waals surface area (Å²) in [6, 6.07) is 4.65. The number of allylic oxidation sites excluding steroid dienone is 2. The average molecular weight is 369 g/mol. The van der Waals surface area contributed by atoms with E-state index < -0.39 is 11.7 Å². The number of carbonyl (C=O) groups excluding carboxylic acids is 1. The monoisotopic (exact) mass is 368 g/mol. The van der Waals surface area contributed by atoms with Crippen LogP contribution in [0.1, 0.15) is 25.8 Å². The molecule has 0 radical (unpaired) electrons. The largest absolute Gasteiger partial charge is 0.360 e. The number of rotatable bonds is 2. The molecule has 0 aliphatic heterocycles. The van der Waals surface area contributed by atoms with Crippen molar-refractivity contribution in [2.24, 2.45) is 5.92 Å². The highest BCUT2D eigenvalue weighted by Gasteiger charge is 2.11. The van der Waals surface area contributed by atoms with Gasteiger partial charge in [-0.2, -0.15) is 0 Å². The molecule has 1 heterocycles. The number of halogens is 2. The number of nitrogens with one attached hydrogen (secondary N) is 2. The van der Waals surface area contributed by atoms with Gasteiger partial charge >= 0.3 is 0 Å². The first kappa shape index (κ1) is 18.0. The summed E-state index contributed by atoms with van der Waals surface area (Å²) in [5.41, 5.74) is 1.82. The van der Waals surface area contributed by atoms with Crippen molar-refractivity contribution in [3.8, 4) is 11.8 Å². The number of hydrogen-bond donors (Lipinski definition) is 2. The summed E-state index contributed by atoms with van der Waals surface area (Å²) in [6.07, 6.45) is 8.83. The molecule has 5 heteroatoms. The van der Waals surface area contributed by atoms with Gasteiger partial charge in [0.15, 0.2) is 0 Å². The van der Waals surface area contributed by atoms with Gasteiger partial charge in [0.25, 0.3) is 5.91 Å². The molecule has 1 aromatic heterocycles. The molecule has 1 aliphatic rings. The molecular formula is C21H18ClFN2O. The summed E-state index contributed by atoms with van der Waals surface area (Å²) < 4.78 is 14.1. The number of aromatic nitrogens is 1. The minimum absolute atomic E-state index is 0.103. The van der Waals surface area contributed by atoms with Gasteiger partial charge in [0, 0.05) is 16.8 Å². The molecule has 1 aromatic carbocycles. The van der Waals surface area contributed by atoms with Crippen molar-refractivity contribution in [1.82, 2.24) is 4.98 Å². The van der Waals surface area contributed by atoms with Gasteiger partial charge in [-0.25, -0.2) is 4.39 Å². The molecule has 0 fully saturated rings. The summed E-state index contributed by atoms with van der Waals surface area (Å²) in [5, 5.41) is 4.99. The van der Waals surface area contributed by atoms with Crippen LogP contribution < -0.4 is 15.9 Å². The second kappa shape index (κ2) is 7.63. The number of anilines is 1. The van der Waals surface area contributed by atoms with Crippen LogP contribution in [0.2, 0.25) is 5.02 Å². The third kappa shape index (κ3) is 3.89. The predicted molar refractivity (Wildman–Crippen MR) is 104 cm³/mol. The van der Waals surface area contributed by atoms with Gasteiger partial charge in [0.1, 0.15) is 5.82 Å². The number of benzene rings is 1. The van der Waals surface area contributed by atoms with E-state index in [1.54, 1.807) is 25.3 Å². The summed E-state index contributed by atoms with van der Waals surface area (Å²) in [7, 11) is 0. The van der Waals surface area contributed by atoms with Crippen molar-refractivity contribution in [3.05, 3.63) is 57.4 Å². The fourth-order valence-corrected chi connectivity index (χ4v) is 3.08. The van der Waals surface area contributed by atoms with Crippen molar-refractivity contribution in [2.75, 3.05) is 5.32 Å². The summed E-state index contributed by atoms with van der Waals surface area (Å²) in [4.78, 5) is 14.8. The smallest absolute Gasteiger partial charge is 0.300 e. The van der Waals surface area contributed by atoms with E-state index in [-0.39, 0.29) is 5.69 Å². The molecule has 26 heavy (non-hydrogen) atoms. The first-order valence-corrected chi connectivity index (χ1v) is 8.66. The highest BCUT2D eigenvalue weighted by Crippen LogP contribution is 2.25. The average Bonchev–Trinajstić information content (AvgIpc) is 2.92. The Morgan fingerprint density at radius 3 is 3.00 bits per heavy atom. The SMILES string of the molecule is CC#CC(=O)Nc1cc(C2=CC(C)CC=c3[nH]cc(Cl)c3=C2)ccc1F. The third-order valence-corrected chi connectivity index (χ3v) is 4.46. The lowest BCUT2D eigenvalue weighted by molar-refractivity contribution is -0.111. The number of aromatic amines is 1. The Hall–Kier alpha value is -2.77. The van der Waals surface area contributed by atoms with Crippen molar-refractivity contribution >= 4 is 40.9 Å². The standard InChI is InChI=1S/C21H18ClFN2O/c1-3-4-21(26)25-20-11-14(6-7-18(20)23)15-9-13(2)5-8-19-16(10-15)17(22)12-24-19/h6-13,24H,5H2,1-2H3,(H,25,26). The van der Waals surface area contributed by atoms with E-state index in [1.165, 1.54) is 6.07 Å². The van der Waals surface area contributed by atoms with Crippen molar-refractivity contribution in [1.29, 1.82) is 0 Å². The van der Waals surface area contributed by atoms with Crippen LogP contribution in [0.3, 0.4) is 0 Å². The van der Waals surface area contributed by atoms with Crippen LogP contribution in [-0.2, 0) is 4.79 Å². The zero-order valence-corrected chi connectivity index (χ0v) is 15.2. The van der Waals surface area contributed by atoms with Gasteiger partial charge in [-0.15, -0.1) is 0 Å². The predicted octanol–water partition coefficient (Wildman–Crippen LogP) is 3.45. The lowest BCUT2D eigenvalue weighted by Gasteiger charge is -2.12. The Labute approximate surface area is 156 Å². The Kier molecular flexibility index (Phi) is 5.29. The number of amides is 1. The summed E-state index contributed by atoms with van der Waals surface area (Å²) in [6.45, 7) is 3.67. The normalized spacial score (nSPS) is 15.8. The molecule has 1 aliphatic carbocycles. The minimum atomic E-state index is -0.543. The van der Waals surface area contributed by atoms with Gasteiger partial charge in [0.05, 0.1) is 10.7 Å². The first-order valence-electron chi connectivity index (χ1n) is 8.28. The van der Waals surface area contributed by atoms with Gasteiger partial charge in [-0.1, -0.05) is 42.7 Å². The highest BCUT2D eigenvalue weighted by atomic mass is 35.5. The van der Waals surface area contributed by atoms with E-state index in [0.717, 1.165) is 28.1 Å². The molecule has 1 unspecified atom stereocenters. The fraction of sp³-hybridized carbons (Fsp3) is 0.190. The van der Waals surface area contributed by atoms with Crippen molar-refractivity contribution < 1.29 is 9.18 Å². The maximum absolute atomic E-state index is 14.1. The van der Waals surface area contributed by atoms with E-state index in [2.05, 4.69) is 41.2 Å². The summed E-state index contributed by atoms with van der Waals surface area (Å²) in [5.74, 6) is 4.09. The Morgan fingerprint density at radius 1 is 1.42 bits per heavy atom. The topological polar surface area (TPSA) is 44.9 Å². The van der Waals surface area contributed by atoms with E-state index in [9.17, 15) is 9.18 Å². The van der Waals surface area contributed by atoms with E-state index in [0.29, 0.717) is 10.9 Å². The van der Waals surface area contributed by atoms with E-state index in [4.69, 9.17) is 11.6 Å². The molecule has 132 valence electrons. The summed E-state index contributed by atoms with van der Waals surface area (Å²) >= 11 is 6.29. The van der Waals surface area contributed by atoms with Gasteiger partial charge in [0.2, 0.25) is 0 Å². The molecule has 1 atom stereocenters. The zero-order valence-electron chi connectivity index (χ0n) is 14.5. The highest BCUT2D eigenvalue weighted by molar-refractivity contribution is 6.30. The van der Waals surface area contributed by atoms with Crippen LogP contribution in [0, 0.1) is 23.6 Å². The van der Waals surface area contributed by atoms with Crippen LogP contribution in [0.25, 0.3) is 17.7 Å². The molecular weight excluding hydrogens is 351 g/mol. The molecule has 0 bridgehead atoms. The molecule has 0 saturated heterocycles. The minimum Gasteiger partial charge on any atom is -0.360 e. The van der Waals surface area contributed by atoms with Crippen LogP contribution in [0.4, 0.5) is 10.1 Å². The lowest BCUT2D eigenvalue weighted by Crippen LogP contribution is -2.24. The van der Waals surface area contributed by atoms with Crippen LogP contribution in [0.15, 0.2) is 30.5 Å². The van der Waals surface area contributed by atoms with Crippen LogP contribution in [0.5, 0.6) is 0 Å². The second-order valence-electron chi connectivity index (χ2n) is 6.17. The zero-order chi connectivity index (χ0) is 18.7. The molecule has 2 N–H and O–H groups in total. The quantitative estimate of drug-likeness (QED) is 0.783. The third-order valence-electron chi connectivity index (χ3n) is 4.15. The van der Waals surface area contributed by atoms with E-state index >= 15 is 0 Å². The molecule has 3 nitrogen and oxygen atoms in total. The number of H-pyrrole nitrogens is 1. The molecule has 0 spiro atoms. The maximum atomic E-state index is 14.1. The van der Waals surface area contributed by atoms with Crippen LogP contribution >= 0.6 is 11.6 Å². The number of carbonyl (C=O) groups is 1. The fourth-order valence-electron chi connectivity index (χ4n) is 2.87. The molecule has 1 amide bonds. The van der Waals surface area contributed by atoms with E-state index in [1.807, 2.05) is 6.08 Å². The van der Waals surface area contributed by atoms with Crippen molar-refractivity contribution in [2.45, 2.75) is 20.3 Å². The Bertz CT molecular complexity index is 1070. The maximum Gasteiger partial charge on any atom is 0.300 e. The van der Waals surface area contributed by atoms with Gasteiger partial charge in [-0.3, -0.25) is 4.79 Å². The molecule has 3 rings (SSSR count). The van der Waals surface area contributed by atoms with Crippen LogP contribution in [-0.4, -0.2) is 10.9 Å². The molecule has 2 aromatic rings. The second-order valence-corrected chi connectivity index (χ2v) is 6.58. The Balaban J connectivity index is 2.09. The van der Waals surface area contributed by atoms with Crippen molar-refractivity contribution in [3.63, 3.8) is 0 Å². The first-order chi connectivity index (χ1) is 12.5. The lowest BCUT2D eigenvalue weighted by atomic mass is 9.96. The van der Waals surface area contributed by atoms with Gasteiger partial charge < -0.3 is 10.3 Å². The number of fused-ring (bicyclic) bond motifs is 1. The molecule has 0 saturated carbocycles. The van der Waals surface area contributed by atoms with Gasteiger partial charge in [-0.05, 0) is 54.5 Å². The number of hydrogen-bond acceptors (Lipinski definition) is 1. The Morgan fingerprint density at radius 2 is 2.23 bits per heavy atom.